The minimum absolute atomic E-state index is 0.0196. The summed E-state index contributed by atoms with van der Waals surface area (Å²) in [5.41, 5.74) is -1.58. The molecule has 0 bridgehead atoms. The highest BCUT2D eigenvalue weighted by molar-refractivity contribution is 7.86. The number of piperidine rings is 1. The zero-order valence-corrected chi connectivity index (χ0v) is 31.5. The molecule has 48 heavy (non-hydrogen) atoms. The Morgan fingerprint density at radius 1 is 0.979 bits per heavy atom. The fraction of sp³-hybridized carbons (Fsp3) is 0.788. The number of Topliss-reactive ketones (excluding diaryl/α,β-unsaturated/α-hetero) is 1. The van der Waals surface area contributed by atoms with Gasteiger partial charge in [-0.1, -0.05) is 55.4 Å². The summed E-state index contributed by atoms with van der Waals surface area (Å²) in [5.74, 6) is -0.394. The lowest BCUT2D eigenvalue weighted by Gasteiger charge is -2.39. The Balaban J connectivity index is 2.35. The molecule has 0 aromatic carbocycles. The van der Waals surface area contributed by atoms with Gasteiger partial charge < -0.3 is 26.2 Å². The monoisotopic (exact) mass is 695 g/mol. The minimum Gasteiger partial charge on any atom is -0.350 e. The van der Waals surface area contributed by atoms with Crippen molar-refractivity contribution in [2.24, 2.45) is 28.1 Å². The van der Waals surface area contributed by atoms with Crippen LogP contribution in [0.15, 0.2) is 0 Å². The Morgan fingerprint density at radius 3 is 2.04 bits per heavy atom. The molecular weight excluding hydrogens is 638 g/mol. The topological polar surface area (TPSA) is 177 Å². The summed E-state index contributed by atoms with van der Waals surface area (Å²) in [4.78, 5) is 68.6. The van der Waals surface area contributed by atoms with Crippen LogP contribution in [0.2, 0.25) is 0 Å². The van der Waals surface area contributed by atoms with Crippen molar-refractivity contribution in [3.05, 3.63) is 0 Å². The number of carbonyl (C=O) groups excluding carboxylic acids is 5. The largest absolute Gasteiger partial charge is 0.350 e. The molecule has 1 saturated carbocycles. The van der Waals surface area contributed by atoms with Crippen LogP contribution in [-0.2, 0) is 29.4 Å². The zero-order valence-electron chi connectivity index (χ0n) is 30.7. The van der Waals surface area contributed by atoms with Crippen LogP contribution >= 0.6 is 0 Å². The first-order chi connectivity index (χ1) is 21.8. The molecule has 5 amide bonds. The predicted molar refractivity (Wildman–Crippen MR) is 183 cm³/mol. The predicted octanol–water partition coefficient (Wildman–Crippen LogP) is 0.940. The molecule has 1 saturated heterocycles. The van der Waals surface area contributed by atoms with Crippen LogP contribution in [0.5, 0.6) is 0 Å². The Hall–Kier alpha value is -3.22. The van der Waals surface area contributed by atoms with Crippen LogP contribution in [-0.4, -0.2) is 116 Å². The van der Waals surface area contributed by atoms with E-state index in [4.69, 9.17) is 6.42 Å². The second-order valence-corrected chi connectivity index (χ2v) is 18.1. The van der Waals surface area contributed by atoms with Gasteiger partial charge in [-0.3, -0.25) is 19.2 Å². The number of ketones is 1. The van der Waals surface area contributed by atoms with Gasteiger partial charge in [0.25, 0.3) is 16.1 Å². The lowest BCUT2D eigenvalue weighted by atomic mass is 9.85. The average molecular weight is 696 g/mol. The summed E-state index contributed by atoms with van der Waals surface area (Å²) in [7, 11) is 0.532. The molecule has 15 heteroatoms. The van der Waals surface area contributed by atoms with Gasteiger partial charge in [0.1, 0.15) is 12.1 Å². The summed E-state index contributed by atoms with van der Waals surface area (Å²) in [6.07, 6.45) is 5.62. The maximum atomic E-state index is 14.3. The van der Waals surface area contributed by atoms with Gasteiger partial charge in [-0.2, -0.15) is 17.0 Å². The van der Waals surface area contributed by atoms with Gasteiger partial charge in [-0.15, -0.1) is 12.3 Å². The van der Waals surface area contributed by atoms with E-state index >= 15 is 0 Å². The van der Waals surface area contributed by atoms with Crippen molar-refractivity contribution in [2.75, 3.05) is 40.8 Å². The van der Waals surface area contributed by atoms with Crippen LogP contribution in [0.1, 0.15) is 75.2 Å². The highest BCUT2D eigenvalue weighted by atomic mass is 32.2. The van der Waals surface area contributed by atoms with E-state index in [0.29, 0.717) is 0 Å². The second-order valence-electron chi connectivity index (χ2n) is 15.8. The number of nitrogens with zero attached hydrogens (tertiary/aromatic N) is 3. The van der Waals surface area contributed by atoms with Gasteiger partial charge in [-0.25, -0.2) is 4.79 Å². The maximum Gasteiger partial charge on any atom is 0.315 e. The molecule has 0 aromatic rings. The van der Waals surface area contributed by atoms with E-state index in [1.807, 2.05) is 34.6 Å². The van der Waals surface area contributed by atoms with Gasteiger partial charge >= 0.3 is 6.03 Å². The summed E-state index contributed by atoms with van der Waals surface area (Å²) < 4.78 is 27.6. The number of urea groups is 1. The molecule has 272 valence electrons. The van der Waals surface area contributed by atoms with Crippen LogP contribution in [0, 0.1) is 40.4 Å². The zero-order chi connectivity index (χ0) is 37.2. The van der Waals surface area contributed by atoms with Crippen molar-refractivity contribution in [1.82, 2.24) is 34.8 Å². The number of amides is 5. The molecule has 1 unspecified atom stereocenters. The highest BCUT2D eigenvalue weighted by Crippen LogP contribution is 2.65. The van der Waals surface area contributed by atoms with Crippen molar-refractivity contribution in [2.45, 2.75) is 99.3 Å². The fourth-order valence-electron chi connectivity index (χ4n) is 6.28. The number of likely N-dealkylation sites (N-methyl/N-ethyl adjacent to an activating group) is 2. The quantitative estimate of drug-likeness (QED) is 0.154. The average Bonchev–Trinajstić information content (AvgIpc) is 3.27. The highest BCUT2D eigenvalue weighted by Gasteiger charge is 2.70. The number of terminal acetylenes is 1. The van der Waals surface area contributed by atoms with E-state index in [-0.39, 0.29) is 49.7 Å². The van der Waals surface area contributed by atoms with E-state index in [1.165, 1.54) is 26.0 Å². The third-order valence-electron chi connectivity index (χ3n) is 9.57. The Bertz CT molecular complexity index is 1390. The number of likely N-dealkylation sites (tertiary alicyclic amines) is 1. The Morgan fingerprint density at radius 2 is 1.56 bits per heavy atom. The molecule has 2 aliphatic rings. The molecule has 1 heterocycles. The molecule has 0 aromatic heterocycles. The van der Waals surface area contributed by atoms with Gasteiger partial charge in [0.2, 0.25) is 17.6 Å². The van der Waals surface area contributed by atoms with E-state index in [0.717, 1.165) is 8.61 Å². The normalized spacial score (nSPS) is 22.2. The molecule has 6 atom stereocenters. The van der Waals surface area contributed by atoms with E-state index in [2.05, 4.69) is 27.2 Å². The van der Waals surface area contributed by atoms with E-state index < -0.39 is 74.7 Å². The number of nitrogens with one attached hydrogen (secondary N) is 4. The summed E-state index contributed by atoms with van der Waals surface area (Å²) in [5, 5.41) is 10.9. The third-order valence-corrected chi connectivity index (χ3v) is 11.4. The SMILES string of the molecule is C#CCCC(NC(=O)[C@@H]1[C@@H]2[C@H](CN1C(=O)[C@@H](NC(=O)N[C@H](CN(C)S(=O)(=O)N(C)C)C(C)(C)C)C(C)(C)C)C2(C)C)C(=O)C(=O)NCC. The van der Waals surface area contributed by atoms with Crippen LogP contribution in [0.25, 0.3) is 0 Å². The molecule has 2 rings (SSSR count). The lowest BCUT2D eigenvalue weighted by Crippen LogP contribution is -2.62. The molecule has 14 nitrogen and oxygen atoms in total. The van der Waals surface area contributed by atoms with Crippen molar-refractivity contribution < 1.29 is 32.4 Å². The molecule has 1 aliphatic heterocycles. The van der Waals surface area contributed by atoms with Crippen molar-refractivity contribution in [1.29, 1.82) is 0 Å². The van der Waals surface area contributed by atoms with Crippen LogP contribution in [0.4, 0.5) is 4.79 Å². The first-order valence-electron chi connectivity index (χ1n) is 16.4. The van der Waals surface area contributed by atoms with E-state index in [9.17, 15) is 32.4 Å². The molecule has 4 N–H and O–H groups in total. The molecule has 2 fully saturated rings. The van der Waals surface area contributed by atoms with Crippen LogP contribution in [0.3, 0.4) is 0 Å². The Labute approximate surface area is 287 Å². The Kier molecular flexibility index (Phi) is 12.9. The van der Waals surface area contributed by atoms with Gasteiger partial charge in [0.05, 0.1) is 6.04 Å². The van der Waals surface area contributed by atoms with Crippen LogP contribution < -0.4 is 21.3 Å². The molecule has 0 radical (unpaired) electrons. The molecular formula is C33H57N7O7S. The number of carbonyl (C=O) groups is 5. The molecule has 1 aliphatic carbocycles. The second kappa shape index (κ2) is 15.1. The van der Waals surface area contributed by atoms with Gasteiger partial charge in [0, 0.05) is 53.2 Å². The summed E-state index contributed by atoms with van der Waals surface area (Å²) >= 11 is 0. The fourth-order valence-corrected chi connectivity index (χ4v) is 7.18. The summed E-state index contributed by atoms with van der Waals surface area (Å²) in [6.45, 7) is 17.2. The number of hydrogen-bond acceptors (Lipinski definition) is 7. The van der Waals surface area contributed by atoms with E-state index in [1.54, 1.807) is 27.7 Å². The van der Waals surface area contributed by atoms with Gasteiger partial charge in [-0.05, 0) is 41.4 Å². The van der Waals surface area contributed by atoms with Crippen molar-refractivity contribution >= 4 is 39.7 Å². The minimum atomic E-state index is -3.75. The van der Waals surface area contributed by atoms with Crippen molar-refractivity contribution in [3.63, 3.8) is 0 Å². The number of rotatable bonds is 14. The smallest absolute Gasteiger partial charge is 0.315 e. The van der Waals surface area contributed by atoms with Crippen molar-refractivity contribution in [3.8, 4) is 12.3 Å². The summed E-state index contributed by atoms with van der Waals surface area (Å²) in [6, 6.07) is -4.45. The lowest BCUT2D eigenvalue weighted by molar-refractivity contribution is -0.145. The first-order valence-corrected chi connectivity index (χ1v) is 17.8. The number of hydrogen-bond donors (Lipinski definition) is 4. The molecule has 0 spiro atoms. The number of fused-ring (bicyclic) bond motifs is 1. The maximum absolute atomic E-state index is 14.3. The first kappa shape index (κ1) is 41.0. The van der Waals surface area contributed by atoms with Gasteiger partial charge in [0.15, 0.2) is 0 Å². The standard InChI is InChI=1S/C33H57N7O7S/c1-14-16-17-21(25(41)28(43)34-15-2)35-27(42)24-23-20(33(23,9)10)18-40(24)29(44)26(32(6,7)8)37-30(45)36-22(31(3,4)5)19-39(13)48(46,47)38(11)12/h1,20-24,26H,15-19H2,2-13H3,(H,34,43)(H,35,42)(H2,36,37,45)/t20-,21?,22+,23-,24-,26+/m0/s1. The third kappa shape index (κ3) is 9.26.